The second-order valence-corrected chi connectivity index (χ2v) is 4.14. The van der Waals surface area contributed by atoms with E-state index in [0.29, 0.717) is 0 Å². The summed E-state index contributed by atoms with van der Waals surface area (Å²) in [5.41, 5.74) is 9.44. The molecule has 1 heterocycles. The molecule has 0 fully saturated rings. The van der Waals surface area contributed by atoms with Crippen molar-refractivity contribution in [3.63, 3.8) is 0 Å². The van der Waals surface area contributed by atoms with Crippen molar-refractivity contribution in [2.75, 3.05) is 0 Å². The average Bonchev–Trinajstić information content (AvgIpc) is 2.17. The highest BCUT2D eigenvalue weighted by Gasteiger charge is 2.22. The zero-order chi connectivity index (χ0) is 10.8. The first-order valence-electron chi connectivity index (χ1n) is 5.26. The van der Waals surface area contributed by atoms with E-state index < -0.39 is 0 Å². The number of hydrogen-bond donors (Lipinski definition) is 1. The highest BCUT2D eigenvalue weighted by molar-refractivity contribution is 5.29. The molecular weight excluding hydrogens is 172 g/mol. The van der Waals surface area contributed by atoms with Crippen molar-refractivity contribution < 1.29 is 0 Å². The van der Waals surface area contributed by atoms with E-state index in [2.05, 4.69) is 31.8 Å². The van der Waals surface area contributed by atoms with Crippen molar-refractivity contribution in [3.8, 4) is 0 Å². The third-order valence-corrected chi connectivity index (χ3v) is 2.76. The lowest BCUT2D eigenvalue weighted by Crippen LogP contribution is -2.34. The predicted molar refractivity (Wildman–Crippen MR) is 60.2 cm³/mol. The topological polar surface area (TPSA) is 38.9 Å². The Kier molecular flexibility index (Phi) is 3.27. The van der Waals surface area contributed by atoms with E-state index in [-0.39, 0.29) is 5.54 Å². The average molecular weight is 192 g/mol. The molecule has 0 aliphatic carbocycles. The van der Waals surface area contributed by atoms with Crippen molar-refractivity contribution in [3.05, 3.63) is 29.1 Å². The molecule has 1 rings (SSSR count). The van der Waals surface area contributed by atoms with E-state index in [0.717, 1.165) is 18.5 Å². The maximum Gasteiger partial charge on any atom is 0.0631 e. The van der Waals surface area contributed by atoms with Gasteiger partial charge in [0.2, 0.25) is 0 Å². The second-order valence-electron chi connectivity index (χ2n) is 4.14. The Labute approximate surface area is 86.5 Å². The van der Waals surface area contributed by atoms with Crippen LogP contribution in [-0.4, -0.2) is 4.98 Å². The molecule has 0 saturated carbocycles. The van der Waals surface area contributed by atoms with Gasteiger partial charge in [-0.1, -0.05) is 19.9 Å². The molecule has 0 aliphatic rings. The van der Waals surface area contributed by atoms with E-state index in [9.17, 15) is 0 Å². The van der Waals surface area contributed by atoms with Crippen LogP contribution in [0, 0.1) is 6.92 Å². The van der Waals surface area contributed by atoms with E-state index in [1.165, 1.54) is 11.1 Å². The number of hydrogen-bond acceptors (Lipinski definition) is 2. The van der Waals surface area contributed by atoms with Crippen LogP contribution >= 0.6 is 0 Å². The van der Waals surface area contributed by atoms with Crippen LogP contribution in [0.2, 0.25) is 0 Å². The maximum absolute atomic E-state index is 6.20. The van der Waals surface area contributed by atoms with Crippen molar-refractivity contribution in [1.82, 2.24) is 4.98 Å². The van der Waals surface area contributed by atoms with Gasteiger partial charge in [-0.05, 0) is 37.8 Å². The number of aryl methyl sites for hydroxylation is 2. The normalized spacial score (nSPS) is 15.2. The molecule has 0 aliphatic heterocycles. The van der Waals surface area contributed by atoms with Gasteiger partial charge in [0.1, 0.15) is 0 Å². The fraction of sp³-hybridized carbons (Fsp3) is 0.583. The summed E-state index contributed by atoms with van der Waals surface area (Å²) in [4.78, 5) is 4.47. The lowest BCUT2D eigenvalue weighted by molar-refractivity contribution is 0.457. The molecule has 2 nitrogen and oxygen atoms in total. The molecule has 1 atom stereocenters. The molecule has 0 bridgehead atoms. The highest BCUT2D eigenvalue weighted by atomic mass is 14.8. The summed E-state index contributed by atoms with van der Waals surface area (Å²) in [6.07, 6.45) is 3.81. The molecule has 0 saturated heterocycles. The molecule has 1 aromatic rings. The van der Waals surface area contributed by atoms with Crippen molar-refractivity contribution in [1.29, 1.82) is 0 Å². The Bertz CT molecular complexity index is 316. The van der Waals surface area contributed by atoms with Crippen LogP contribution in [0.3, 0.4) is 0 Å². The van der Waals surface area contributed by atoms with Crippen molar-refractivity contribution in [2.24, 2.45) is 5.73 Å². The van der Waals surface area contributed by atoms with Gasteiger partial charge in [0, 0.05) is 6.20 Å². The molecule has 0 spiro atoms. The molecule has 2 heteroatoms. The first kappa shape index (κ1) is 11.2. The summed E-state index contributed by atoms with van der Waals surface area (Å²) in [6, 6.07) is 2.18. The molecule has 0 radical (unpaired) electrons. The van der Waals surface area contributed by atoms with Gasteiger partial charge < -0.3 is 5.73 Å². The van der Waals surface area contributed by atoms with E-state index in [1.807, 2.05) is 13.1 Å². The first-order chi connectivity index (χ1) is 6.51. The Hall–Kier alpha value is -0.890. The number of pyridine rings is 1. The molecule has 0 amide bonds. The Morgan fingerprint density at radius 1 is 1.43 bits per heavy atom. The van der Waals surface area contributed by atoms with Crippen molar-refractivity contribution >= 4 is 0 Å². The third kappa shape index (κ3) is 2.13. The Morgan fingerprint density at radius 3 is 2.57 bits per heavy atom. The number of aromatic nitrogens is 1. The molecule has 2 N–H and O–H groups in total. The first-order valence-corrected chi connectivity index (χ1v) is 5.26. The zero-order valence-electron chi connectivity index (χ0n) is 9.59. The molecule has 1 aromatic heterocycles. The fourth-order valence-corrected chi connectivity index (χ4v) is 1.58. The highest BCUT2D eigenvalue weighted by Crippen LogP contribution is 2.23. The molecule has 14 heavy (non-hydrogen) atoms. The lowest BCUT2D eigenvalue weighted by atomic mass is 9.90. The van der Waals surface area contributed by atoms with Gasteiger partial charge in [0.05, 0.1) is 11.2 Å². The summed E-state index contributed by atoms with van der Waals surface area (Å²) in [5, 5.41) is 0. The van der Waals surface area contributed by atoms with Crippen LogP contribution in [0.25, 0.3) is 0 Å². The quantitative estimate of drug-likeness (QED) is 0.799. The van der Waals surface area contributed by atoms with Crippen LogP contribution in [-0.2, 0) is 12.0 Å². The Balaban J connectivity index is 3.20. The van der Waals surface area contributed by atoms with Gasteiger partial charge in [-0.3, -0.25) is 4.98 Å². The molecule has 0 aromatic carbocycles. The van der Waals surface area contributed by atoms with Gasteiger partial charge in [0.25, 0.3) is 0 Å². The third-order valence-electron chi connectivity index (χ3n) is 2.76. The summed E-state index contributed by atoms with van der Waals surface area (Å²) in [7, 11) is 0. The van der Waals surface area contributed by atoms with Crippen LogP contribution in [0.5, 0.6) is 0 Å². The SMILES string of the molecule is CCc1cc(C)cnc1C(C)(N)CC. The molecule has 78 valence electrons. The monoisotopic (exact) mass is 192 g/mol. The summed E-state index contributed by atoms with van der Waals surface area (Å²) in [5.74, 6) is 0. The van der Waals surface area contributed by atoms with Crippen LogP contribution in [0.15, 0.2) is 12.3 Å². The number of nitrogens with zero attached hydrogens (tertiary/aromatic N) is 1. The van der Waals surface area contributed by atoms with E-state index in [4.69, 9.17) is 5.73 Å². The predicted octanol–water partition coefficient (Wildman–Crippen LogP) is 2.54. The van der Waals surface area contributed by atoms with E-state index in [1.54, 1.807) is 0 Å². The lowest BCUT2D eigenvalue weighted by Gasteiger charge is -2.24. The fourth-order valence-electron chi connectivity index (χ4n) is 1.58. The van der Waals surface area contributed by atoms with Gasteiger partial charge in [0.15, 0.2) is 0 Å². The van der Waals surface area contributed by atoms with Gasteiger partial charge in [-0.15, -0.1) is 0 Å². The minimum Gasteiger partial charge on any atom is -0.320 e. The van der Waals surface area contributed by atoms with E-state index >= 15 is 0 Å². The minimum absolute atomic E-state index is 0.293. The summed E-state index contributed by atoms with van der Waals surface area (Å²) < 4.78 is 0. The van der Waals surface area contributed by atoms with Gasteiger partial charge >= 0.3 is 0 Å². The summed E-state index contributed by atoms with van der Waals surface area (Å²) >= 11 is 0. The van der Waals surface area contributed by atoms with Gasteiger partial charge in [-0.2, -0.15) is 0 Å². The standard InChI is InChI=1S/C12H20N2/c1-5-10-7-9(3)8-14-11(10)12(4,13)6-2/h7-8H,5-6,13H2,1-4H3. The maximum atomic E-state index is 6.20. The van der Waals surface area contributed by atoms with Crippen molar-refractivity contribution in [2.45, 2.75) is 46.1 Å². The molecular formula is C12H20N2. The van der Waals surface area contributed by atoms with Crippen LogP contribution in [0.1, 0.15) is 44.0 Å². The number of nitrogens with two attached hydrogens (primary N) is 1. The smallest absolute Gasteiger partial charge is 0.0631 e. The summed E-state index contributed by atoms with van der Waals surface area (Å²) in [6.45, 7) is 8.35. The van der Waals surface area contributed by atoms with Gasteiger partial charge in [-0.25, -0.2) is 0 Å². The second kappa shape index (κ2) is 4.09. The minimum atomic E-state index is -0.293. The number of rotatable bonds is 3. The Morgan fingerprint density at radius 2 is 2.07 bits per heavy atom. The van der Waals surface area contributed by atoms with Crippen LogP contribution < -0.4 is 5.73 Å². The zero-order valence-corrected chi connectivity index (χ0v) is 9.59. The largest absolute Gasteiger partial charge is 0.320 e. The molecule has 1 unspecified atom stereocenters. The van der Waals surface area contributed by atoms with Crippen LogP contribution in [0.4, 0.5) is 0 Å².